The monoisotopic (exact) mass is 287 g/mol. The third-order valence-electron chi connectivity index (χ3n) is 4.69. The number of carbonyl (C=O) groups is 1. The van der Waals surface area contributed by atoms with E-state index in [2.05, 4.69) is 19.1 Å². The van der Waals surface area contributed by atoms with Gasteiger partial charge in [0.2, 0.25) is 0 Å². The van der Waals surface area contributed by atoms with Gasteiger partial charge in [-0.2, -0.15) is 0 Å². The van der Waals surface area contributed by atoms with Crippen LogP contribution in [-0.2, 0) is 17.6 Å². The number of ether oxygens (including phenoxy) is 1. The smallest absolute Gasteiger partial charge is 0.260 e. The van der Waals surface area contributed by atoms with Gasteiger partial charge in [0.05, 0.1) is 0 Å². The molecule has 1 fully saturated rings. The summed E-state index contributed by atoms with van der Waals surface area (Å²) in [7, 11) is 0. The second-order valence-corrected chi connectivity index (χ2v) is 6.51. The fourth-order valence-electron chi connectivity index (χ4n) is 3.45. The van der Waals surface area contributed by atoms with E-state index >= 15 is 0 Å². The van der Waals surface area contributed by atoms with Crippen molar-refractivity contribution < 1.29 is 9.53 Å². The van der Waals surface area contributed by atoms with Crippen molar-refractivity contribution >= 4 is 5.91 Å². The van der Waals surface area contributed by atoms with Crippen molar-refractivity contribution in [3.05, 3.63) is 29.3 Å². The Labute approximate surface area is 127 Å². The standard InChI is InChI=1S/C18H25NO2/c1-14-5-4-10-19(12-14)18(20)13-21-17-9-8-15-6-2-3-7-16(15)11-17/h8-9,11,14H,2-7,10,12-13H2,1H3/t14-/m0/s1. The zero-order chi connectivity index (χ0) is 14.7. The molecule has 114 valence electrons. The van der Waals surface area contributed by atoms with Crippen molar-refractivity contribution in [1.82, 2.24) is 4.90 Å². The van der Waals surface area contributed by atoms with Crippen molar-refractivity contribution in [3.63, 3.8) is 0 Å². The highest BCUT2D eigenvalue weighted by Gasteiger charge is 2.21. The molecule has 2 aliphatic rings. The van der Waals surface area contributed by atoms with Crippen LogP contribution >= 0.6 is 0 Å². The van der Waals surface area contributed by atoms with Crippen molar-refractivity contribution in [1.29, 1.82) is 0 Å². The summed E-state index contributed by atoms with van der Waals surface area (Å²) in [6, 6.07) is 6.30. The van der Waals surface area contributed by atoms with E-state index < -0.39 is 0 Å². The highest BCUT2D eigenvalue weighted by atomic mass is 16.5. The lowest BCUT2D eigenvalue weighted by Gasteiger charge is -2.30. The minimum atomic E-state index is 0.124. The molecule has 3 rings (SSSR count). The Morgan fingerprint density at radius 1 is 1.24 bits per heavy atom. The normalized spacial score (nSPS) is 21.8. The molecule has 1 aromatic rings. The Balaban J connectivity index is 1.56. The van der Waals surface area contributed by atoms with Crippen molar-refractivity contribution in [3.8, 4) is 5.75 Å². The number of piperidine rings is 1. The molecule has 0 N–H and O–H groups in total. The summed E-state index contributed by atoms with van der Waals surface area (Å²) >= 11 is 0. The molecule has 1 aliphatic heterocycles. The van der Waals surface area contributed by atoms with Crippen LogP contribution < -0.4 is 4.74 Å². The van der Waals surface area contributed by atoms with Gasteiger partial charge in [-0.25, -0.2) is 0 Å². The van der Waals surface area contributed by atoms with Crippen LogP contribution in [0.4, 0.5) is 0 Å². The number of rotatable bonds is 3. The highest BCUT2D eigenvalue weighted by Crippen LogP contribution is 2.25. The van der Waals surface area contributed by atoms with E-state index in [4.69, 9.17) is 4.74 Å². The van der Waals surface area contributed by atoms with Crippen molar-refractivity contribution in [2.45, 2.75) is 45.4 Å². The predicted octanol–water partition coefficient (Wildman–Crippen LogP) is 3.20. The summed E-state index contributed by atoms with van der Waals surface area (Å²) in [4.78, 5) is 14.2. The van der Waals surface area contributed by atoms with Gasteiger partial charge in [-0.3, -0.25) is 4.79 Å². The molecule has 1 amide bonds. The number of hydrogen-bond acceptors (Lipinski definition) is 2. The van der Waals surface area contributed by atoms with Crippen LogP contribution in [-0.4, -0.2) is 30.5 Å². The summed E-state index contributed by atoms with van der Waals surface area (Å²) in [5.74, 6) is 1.58. The SMILES string of the molecule is C[C@H]1CCCN(C(=O)COc2ccc3c(c2)CCCC3)C1. The molecule has 3 nitrogen and oxygen atoms in total. The fourth-order valence-corrected chi connectivity index (χ4v) is 3.45. The molecule has 0 radical (unpaired) electrons. The van der Waals surface area contributed by atoms with Gasteiger partial charge in [-0.1, -0.05) is 13.0 Å². The maximum absolute atomic E-state index is 12.2. The summed E-state index contributed by atoms with van der Waals surface area (Å²) in [5.41, 5.74) is 2.85. The minimum absolute atomic E-state index is 0.124. The van der Waals surface area contributed by atoms with E-state index in [-0.39, 0.29) is 12.5 Å². The van der Waals surface area contributed by atoms with Crippen LogP contribution in [0.15, 0.2) is 18.2 Å². The first kappa shape index (κ1) is 14.4. The van der Waals surface area contributed by atoms with Crippen molar-refractivity contribution in [2.75, 3.05) is 19.7 Å². The number of fused-ring (bicyclic) bond motifs is 1. The highest BCUT2D eigenvalue weighted by molar-refractivity contribution is 5.77. The maximum Gasteiger partial charge on any atom is 0.260 e. The first-order chi connectivity index (χ1) is 10.2. The van der Waals surface area contributed by atoms with Gasteiger partial charge in [0.25, 0.3) is 5.91 Å². The van der Waals surface area contributed by atoms with Gasteiger partial charge in [-0.05, 0) is 67.7 Å². The predicted molar refractivity (Wildman–Crippen MR) is 83.6 cm³/mol. The van der Waals surface area contributed by atoms with Gasteiger partial charge in [0.1, 0.15) is 5.75 Å². The van der Waals surface area contributed by atoms with Gasteiger partial charge in [-0.15, -0.1) is 0 Å². The van der Waals surface area contributed by atoms with E-state index in [1.807, 2.05) is 11.0 Å². The Kier molecular flexibility index (Phi) is 4.47. The zero-order valence-electron chi connectivity index (χ0n) is 12.9. The topological polar surface area (TPSA) is 29.5 Å². The lowest BCUT2D eigenvalue weighted by molar-refractivity contribution is -0.135. The molecule has 21 heavy (non-hydrogen) atoms. The summed E-state index contributed by atoms with van der Waals surface area (Å²) in [6.07, 6.45) is 7.23. The van der Waals surface area contributed by atoms with E-state index in [1.165, 1.54) is 36.8 Å². The molecular weight excluding hydrogens is 262 g/mol. The summed E-state index contributed by atoms with van der Waals surface area (Å²) in [6.45, 7) is 4.15. The Morgan fingerprint density at radius 2 is 2.05 bits per heavy atom. The fraction of sp³-hybridized carbons (Fsp3) is 0.611. The first-order valence-electron chi connectivity index (χ1n) is 8.25. The van der Waals surface area contributed by atoms with Crippen LogP contribution in [0.1, 0.15) is 43.7 Å². The van der Waals surface area contributed by atoms with Gasteiger partial charge in [0, 0.05) is 13.1 Å². The zero-order valence-corrected chi connectivity index (χ0v) is 12.9. The van der Waals surface area contributed by atoms with E-state index in [0.29, 0.717) is 5.92 Å². The van der Waals surface area contributed by atoms with Gasteiger partial charge >= 0.3 is 0 Å². The average Bonchev–Trinajstić information content (AvgIpc) is 2.52. The lowest BCUT2D eigenvalue weighted by Crippen LogP contribution is -2.41. The molecular formula is C18H25NO2. The van der Waals surface area contributed by atoms with Crippen LogP contribution in [0.2, 0.25) is 0 Å². The molecule has 0 aromatic heterocycles. The van der Waals surface area contributed by atoms with Crippen molar-refractivity contribution in [2.24, 2.45) is 5.92 Å². The molecule has 0 spiro atoms. The second kappa shape index (κ2) is 6.50. The molecule has 1 aliphatic carbocycles. The molecule has 0 saturated carbocycles. The largest absolute Gasteiger partial charge is 0.484 e. The number of nitrogens with zero attached hydrogens (tertiary/aromatic N) is 1. The lowest BCUT2D eigenvalue weighted by atomic mass is 9.92. The Morgan fingerprint density at radius 3 is 2.86 bits per heavy atom. The quantitative estimate of drug-likeness (QED) is 0.854. The molecule has 0 unspecified atom stereocenters. The maximum atomic E-state index is 12.2. The van der Waals surface area contributed by atoms with Crippen LogP contribution in [0.25, 0.3) is 0 Å². The number of amides is 1. The van der Waals surface area contributed by atoms with E-state index in [1.54, 1.807) is 0 Å². The molecule has 1 atom stereocenters. The van der Waals surface area contributed by atoms with Crippen LogP contribution in [0, 0.1) is 5.92 Å². The number of aryl methyl sites for hydroxylation is 2. The Hall–Kier alpha value is -1.51. The molecule has 1 aromatic carbocycles. The Bertz CT molecular complexity index is 512. The average molecular weight is 287 g/mol. The number of hydrogen-bond donors (Lipinski definition) is 0. The molecule has 1 saturated heterocycles. The summed E-state index contributed by atoms with van der Waals surface area (Å²) < 4.78 is 5.73. The van der Waals surface area contributed by atoms with Gasteiger partial charge < -0.3 is 9.64 Å². The number of carbonyl (C=O) groups excluding carboxylic acids is 1. The minimum Gasteiger partial charge on any atom is -0.484 e. The summed E-state index contributed by atoms with van der Waals surface area (Å²) in [5, 5.41) is 0. The van der Waals surface area contributed by atoms with Gasteiger partial charge in [0.15, 0.2) is 6.61 Å². The van der Waals surface area contributed by atoms with E-state index in [9.17, 15) is 4.79 Å². The molecule has 0 bridgehead atoms. The van der Waals surface area contributed by atoms with Crippen LogP contribution in [0.3, 0.4) is 0 Å². The first-order valence-corrected chi connectivity index (χ1v) is 8.25. The second-order valence-electron chi connectivity index (χ2n) is 6.51. The van der Waals surface area contributed by atoms with Crippen LogP contribution in [0.5, 0.6) is 5.75 Å². The third kappa shape index (κ3) is 3.58. The number of likely N-dealkylation sites (tertiary alicyclic amines) is 1. The van der Waals surface area contributed by atoms with E-state index in [0.717, 1.165) is 31.7 Å². The third-order valence-corrected chi connectivity index (χ3v) is 4.69. The number of benzene rings is 1. The molecule has 3 heteroatoms. The molecule has 1 heterocycles.